The van der Waals surface area contributed by atoms with Gasteiger partial charge in [0.05, 0.1) is 0 Å². The Balaban J connectivity index is 1.41. The summed E-state index contributed by atoms with van der Waals surface area (Å²) in [4.78, 5) is 3.85. The van der Waals surface area contributed by atoms with Crippen LogP contribution in [-0.2, 0) is 5.41 Å². The zero-order valence-electron chi connectivity index (χ0n) is 19.3. The lowest BCUT2D eigenvalue weighted by Gasteiger charge is -2.64. The van der Waals surface area contributed by atoms with Crippen LogP contribution < -0.4 is 0 Å². The molecule has 3 bridgehead atoms. The van der Waals surface area contributed by atoms with Gasteiger partial charge >= 0.3 is 0 Å². The van der Waals surface area contributed by atoms with Crippen LogP contribution in [0, 0.1) is 29.1 Å². The highest BCUT2D eigenvalue weighted by atomic mass is 14.8. The molecule has 4 atom stereocenters. The molecule has 0 radical (unpaired) electrons. The van der Waals surface area contributed by atoms with Crippen LogP contribution in [0.25, 0.3) is 43.7 Å². The Kier molecular flexibility index (Phi) is 2.70. The predicted molar refractivity (Wildman–Crippen MR) is 139 cm³/mol. The Labute approximate surface area is 199 Å². The molecule has 34 heavy (non-hydrogen) atoms. The van der Waals surface area contributed by atoms with Gasteiger partial charge in [-0.1, -0.05) is 60.7 Å². The normalized spacial score (nSPS) is 35.9. The molecule has 5 aliphatic rings. The molecule has 1 heteroatoms. The van der Waals surface area contributed by atoms with E-state index in [2.05, 4.69) is 77.8 Å². The zero-order chi connectivity index (χ0) is 21.8. The van der Waals surface area contributed by atoms with E-state index in [1.807, 2.05) is 0 Å². The second kappa shape index (κ2) is 5.28. The molecule has 0 saturated heterocycles. The van der Waals surface area contributed by atoms with E-state index in [0.29, 0.717) is 5.41 Å². The predicted octanol–water partition coefficient (Wildman–Crippen LogP) is 8.20. The second-order valence-corrected chi connectivity index (χ2v) is 12.3. The molecule has 0 aliphatic heterocycles. The van der Waals surface area contributed by atoms with Crippen molar-refractivity contribution in [1.29, 1.82) is 0 Å². The van der Waals surface area contributed by atoms with E-state index in [0.717, 1.165) is 23.7 Å². The first-order valence-electron chi connectivity index (χ1n) is 13.4. The average molecular weight is 438 g/mol. The number of rotatable bonds is 0. The van der Waals surface area contributed by atoms with Gasteiger partial charge in [0.15, 0.2) is 0 Å². The molecule has 4 saturated carbocycles. The second-order valence-electron chi connectivity index (χ2n) is 12.3. The van der Waals surface area contributed by atoms with Gasteiger partial charge in [0.25, 0.3) is 0 Å². The van der Waals surface area contributed by atoms with Crippen LogP contribution in [0.2, 0.25) is 0 Å². The lowest BCUT2D eigenvalue weighted by Crippen LogP contribution is -2.62. The van der Waals surface area contributed by atoms with E-state index in [4.69, 9.17) is 0 Å². The van der Waals surface area contributed by atoms with Crippen molar-refractivity contribution in [3.63, 3.8) is 0 Å². The monoisotopic (exact) mass is 437 g/mol. The van der Waals surface area contributed by atoms with E-state index in [1.165, 1.54) is 75.8 Å². The summed E-state index contributed by atoms with van der Waals surface area (Å²) in [5.41, 5.74) is 9.90. The first-order chi connectivity index (χ1) is 16.8. The van der Waals surface area contributed by atoms with Gasteiger partial charge in [-0.15, -0.1) is 0 Å². The highest BCUT2D eigenvalue weighted by Crippen LogP contribution is 2.85. The van der Waals surface area contributed by atoms with E-state index < -0.39 is 0 Å². The third-order valence-corrected chi connectivity index (χ3v) is 11.4. The van der Waals surface area contributed by atoms with E-state index in [9.17, 15) is 0 Å². The van der Waals surface area contributed by atoms with Gasteiger partial charge in [0.1, 0.15) is 0 Å². The van der Waals surface area contributed by atoms with Crippen LogP contribution in [-0.4, -0.2) is 4.98 Å². The van der Waals surface area contributed by atoms with Crippen LogP contribution in [0.5, 0.6) is 0 Å². The van der Waals surface area contributed by atoms with Gasteiger partial charge in [-0.3, -0.25) is 0 Å². The van der Waals surface area contributed by atoms with Crippen molar-refractivity contribution in [3.8, 4) is 11.1 Å². The molecular weight excluding hydrogens is 410 g/mol. The highest BCUT2D eigenvalue weighted by Gasteiger charge is 2.79. The maximum atomic E-state index is 3.85. The Morgan fingerprint density at radius 2 is 1.38 bits per heavy atom. The van der Waals surface area contributed by atoms with Gasteiger partial charge in [0, 0.05) is 27.2 Å². The van der Waals surface area contributed by atoms with Gasteiger partial charge in [-0.05, 0) is 106 Å². The summed E-state index contributed by atoms with van der Waals surface area (Å²) in [5, 5.41) is 5.73. The molecule has 4 aromatic carbocycles. The molecule has 2 spiro atoms. The van der Waals surface area contributed by atoms with Gasteiger partial charge in [-0.25, -0.2) is 0 Å². The molecule has 1 nitrogen and oxygen atoms in total. The number of fused-ring (bicyclic) bond motifs is 15. The minimum Gasteiger partial charge on any atom is -0.354 e. The van der Waals surface area contributed by atoms with Crippen molar-refractivity contribution in [3.05, 3.63) is 83.9 Å². The van der Waals surface area contributed by atoms with Crippen LogP contribution >= 0.6 is 0 Å². The van der Waals surface area contributed by atoms with Crippen molar-refractivity contribution in [2.45, 2.75) is 37.5 Å². The summed E-state index contributed by atoms with van der Waals surface area (Å²) in [6, 6.07) is 27.9. The van der Waals surface area contributed by atoms with Gasteiger partial charge in [-0.2, -0.15) is 0 Å². The van der Waals surface area contributed by atoms with E-state index >= 15 is 0 Å². The number of benzene rings is 4. The first kappa shape index (κ1) is 17.4. The molecule has 4 fully saturated rings. The largest absolute Gasteiger partial charge is 0.354 e. The quantitative estimate of drug-likeness (QED) is 0.251. The first-order valence-corrected chi connectivity index (χ1v) is 13.4. The maximum Gasteiger partial charge on any atom is 0.0471 e. The zero-order valence-corrected chi connectivity index (χ0v) is 19.3. The SMILES string of the molecule is c1ccc2c(c1)-c1ccc3[nH]c4ccc5ccccc5c4c3c1C21C2CC3CC4CC1C2(C3)C4. The summed E-state index contributed by atoms with van der Waals surface area (Å²) < 4.78 is 0. The number of aromatic nitrogens is 1. The molecule has 5 aromatic rings. The summed E-state index contributed by atoms with van der Waals surface area (Å²) in [7, 11) is 0. The number of hydrogen-bond acceptors (Lipinski definition) is 0. The summed E-state index contributed by atoms with van der Waals surface area (Å²) in [5.74, 6) is 3.62. The molecule has 1 aromatic heterocycles. The van der Waals surface area contributed by atoms with Gasteiger partial charge < -0.3 is 4.98 Å². The molecule has 5 aliphatic carbocycles. The lowest BCUT2D eigenvalue weighted by atomic mass is 9.38. The third-order valence-electron chi connectivity index (χ3n) is 11.4. The molecule has 1 heterocycles. The molecular formula is C33H27N. The Morgan fingerprint density at radius 1 is 0.647 bits per heavy atom. The Bertz CT molecular complexity index is 1710. The van der Waals surface area contributed by atoms with Crippen LogP contribution in [0.1, 0.15) is 43.2 Å². The van der Waals surface area contributed by atoms with E-state index in [-0.39, 0.29) is 5.41 Å². The number of aromatic amines is 1. The van der Waals surface area contributed by atoms with Crippen LogP contribution in [0.4, 0.5) is 0 Å². The lowest BCUT2D eigenvalue weighted by molar-refractivity contribution is -0.0812. The Morgan fingerprint density at radius 3 is 2.26 bits per heavy atom. The summed E-state index contributed by atoms with van der Waals surface area (Å²) >= 11 is 0. The van der Waals surface area contributed by atoms with Crippen molar-refractivity contribution >= 4 is 32.6 Å². The Hall–Kier alpha value is -3.06. The van der Waals surface area contributed by atoms with Crippen LogP contribution in [0.3, 0.4) is 0 Å². The fourth-order valence-corrected chi connectivity index (χ4v) is 10.9. The smallest absolute Gasteiger partial charge is 0.0471 e. The number of hydrogen-bond donors (Lipinski definition) is 1. The minimum atomic E-state index is 0.224. The van der Waals surface area contributed by atoms with Crippen LogP contribution in [0.15, 0.2) is 72.8 Å². The number of H-pyrrole nitrogens is 1. The van der Waals surface area contributed by atoms with E-state index in [1.54, 1.807) is 11.1 Å². The highest BCUT2D eigenvalue weighted by molar-refractivity contribution is 6.23. The third kappa shape index (κ3) is 1.60. The maximum absolute atomic E-state index is 3.85. The molecule has 1 N–H and O–H groups in total. The minimum absolute atomic E-state index is 0.224. The standard InChI is InChI=1S/C33H27N/c1-2-6-21-20(5-1)9-11-25-29(21)30-26(34-25)12-10-23-22-7-3-4-8-24(22)33(31(23)30)27-14-18-13-19-15-28(33)32(27,16-18)17-19/h1-12,18-19,27-28,34H,13-17H2. The fourth-order valence-electron chi connectivity index (χ4n) is 10.9. The van der Waals surface area contributed by atoms with Crippen molar-refractivity contribution in [1.82, 2.24) is 4.98 Å². The average Bonchev–Trinajstić information content (AvgIpc) is 3.53. The van der Waals surface area contributed by atoms with Crippen molar-refractivity contribution in [2.24, 2.45) is 29.1 Å². The van der Waals surface area contributed by atoms with Gasteiger partial charge in [0.2, 0.25) is 0 Å². The topological polar surface area (TPSA) is 15.8 Å². The summed E-state index contributed by atoms with van der Waals surface area (Å²) in [6.45, 7) is 0. The number of nitrogens with one attached hydrogen (secondary N) is 1. The fraction of sp³-hybridized carbons (Fsp3) is 0.333. The molecule has 4 unspecified atom stereocenters. The van der Waals surface area contributed by atoms with Crippen molar-refractivity contribution < 1.29 is 0 Å². The summed E-state index contributed by atoms with van der Waals surface area (Å²) in [6.07, 6.45) is 7.47. The van der Waals surface area contributed by atoms with Crippen molar-refractivity contribution in [2.75, 3.05) is 0 Å². The molecule has 10 rings (SSSR count). The molecule has 164 valence electrons. The molecule has 0 amide bonds.